The first-order valence-corrected chi connectivity index (χ1v) is 7.88. The molecule has 0 radical (unpaired) electrons. The van der Waals surface area contributed by atoms with Gasteiger partial charge in [0.1, 0.15) is 17.2 Å². The lowest BCUT2D eigenvalue weighted by molar-refractivity contribution is 0.101. The predicted octanol–water partition coefficient (Wildman–Crippen LogP) is 4.47. The molecule has 0 saturated heterocycles. The molecular weight excluding hydrogens is 318 g/mol. The van der Waals surface area contributed by atoms with Gasteiger partial charge in [-0.15, -0.1) is 11.8 Å². The summed E-state index contributed by atoms with van der Waals surface area (Å²) >= 11 is 1.40. The second-order valence-electron chi connectivity index (χ2n) is 4.89. The van der Waals surface area contributed by atoms with E-state index in [1.807, 2.05) is 0 Å². The number of carbonyl (C=O) groups is 1. The van der Waals surface area contributed by atoms with Gasteiger partial charge in [0.25, 0.3) is 5.91 Å². The molecule has 2 aromatic rings. The number of hydrogen-bond acceptors (Lipinski definition) is 3. The molecule has 0 heterocycles. The number of thioether (sulfide) groups is 1. The zero-order valence-corrected chi connectivity index (χ0v) is 13.2. The number of rotatable bonds is 5. The minimum Gasteiger partial charge on any atom is -0.321 e. The molecule has 0 aliphatic carbocycles. The Balaban J connectivity index is 2.20. The van der Waals surface area contributed by atoms with Crippen molar-refractivity contribution < 1.29 is 13.6 Å². The van der Waals surface area contributed by atoms with Crippen LogP contribution in [0, 0.1) is 28.9 Å². The summed E-state index contributed by atoms with van der Waals surface area (Å²) in [5.74, 6) is -2.26. The van der Waals surface area contributed by atoms with Gasteiger partial charge in [0.15, 0.2) is 0 Å². The molecule has 6 heteroatoms. The van der Waals surface area contributed by atoms with Gasteiger partial charge in [-0.2, -0.15) is 5.26 Å². The van der Waals surface area contributed by atoms with Crippen molar-refractivity contribution in [3.63, 3.8) is 0 Å². The highest BCUT2D eigenvalue weighted by Gasteiger charge is 2.18. The SMILES string of the molecule is CC(C#N)CSc1ccccc1NC(=O)c1c(F)cccc1F. The van der Waals surface area contributed by atoms with Crippen molar-refractivity contribution >= 4 is 23.4 Å². The van der Waals surface area contributed by atoms with Crippen LogP contribution < -0.4 is 5.32 Å². The number of halogens is 2. The summed E-state index contributed by atoms with van der Waals surface area (Å²) in [7, 11) is 0. The molecule has 0 saturated carbocycles. The normalized spacial score (nSPS) is 11.6. The van der Waals surface area contributed by atoms with E-state index in [2.05, 4.69) is 11.4 Å². The maximum absolute atomic E-state index is 13.7. The molecule has 0 aromatic heterocycles. The van der Waals surface area contributed by atoms with Gasteiger partial charge in [0.05, 0.1) is 17.7 Å². The maximum atomic E-state index is 13.7. The van der Waals surface area contributed by atoms with Crippen molar-refractivity contribution in [1.82, 2.24) is 0 Å². The molecule has 1 amide bonds. The molecule has 2 rings (SSSR count). The summed E-state index contributed by atoms with van der Waals surface area (Å²) in [5, 5.41) is 11.3. The average molecular weight is 332 g/mol. The number of nitrogens with zero attached hydrogens (tertiary/aromatic N) is 1. The van der Waals surface area contributed by atoms with E-state index < -0.39 is 23.1 Å². The largest absolute Gasteiger partial charge is 0.321 e. The molecular formula is C17H14F2N2OS. The topological polar surface area (TPSA) is 52.9 Å². The van der Waals surface area contributed by atoms with Crippen LogP contribution in [0.5, 0.6) is 0 Å². The Morgan fingerprint density at radius 3 is 2.52 bits per heavy atom. The molecule has 0 spiro atoms. The third kappa shape index (κ3) is 4.30. The van der Waals surface area contributed by atoms with E-state index in [0.29, 0.717) is 11.4 Å². The van der Waals surface area contributed by atoms with E-state index in [9.17, 15) is 13.6 Å². The van der Waals surface area contributed by atoms with E-state index in [1.165, 1.54) is 17.8 Å². The zero-order valence-electron chi connectivity index (χ0n) is 12.3. The van der Waals surface area contributed by atoms with Gasteiger partial charge in [0, 0.05) is 10.6 Å². The van der Waals surface area contributed by atoms with Gasteiger partial charge in [-0.3, -0.25) is 4.79 Å². The molecule has 1 unspecified atom stereocenters. The molecule has 0 aliphatic heterocycles. The minimum absolute atomic E-state index is 0.146. The molecule has 118 valence electrons. The quantitative estimate of drug-likeness (QED) is 0.822. The third-order valence-corrected chi connectivity index (χ3v) is 4.37. The Labute approximate surface area is 137 Å². The predicted molar refractivity (Wildman–Crippen MR) is 86.3 cm³/mol. The van der Waals surface area contributed by atoms with Crippen molar-refractivity contribution in [2.24, 2.45) is 5.92 Å². The highest BCUT2D eigenvalue weighted by Crippen LogP contribution is 2.29. The maximum Gasteiger partial charge on any atom is 0.261 e. The zero-order chi connectivity index (χ0) is 16.8. The summed E-state index contributed by atoms with van der Waals surface area (Å²) in [6, 6.07) is 12.3. The first-order valence-electron chi connectivity index (χ1n) is 6.89. The molecule has 1 N–H and O–H groups in total. The Bertz CT molecular complexity index is 738. The Morgan fingerprint density at radius 1 is 1.22 bits per heavy atom. The molecule has 2 aromatic carbocycles. The smallest absolute Gasteiger partial charge is 0.261 e. The van der Waals surface area contributed by atoms with Crippen LogP contribution in [0.4, 0.5) is 14.5 Å². The molecule has 0 bridgehead atoms. The second kappa shape index (κ2) is 7.75. The number of benzene rings is 2. The number of nitrogens with one attached hydrogen (secondary N) is 1. The number of amides is 1. The van der Waals surface area contributed by atoms with E-state index in [0.717, 1.165) is 17.0 Å². The number of nitriles is 1. The van der Waals surface area contributed by atoms with E-state index in [1.54, 1.807) is 31.2 Å². The van der Waals surface area contributed by atoms with Crippen LogP contribution in [-0.2, 0) is 0 Å². The summed E-state index contributed by atoms with van der Waals surface area (Å²) in [6.07, 6.45) is 0. The molecule has 23 heavy (non-hydrogen) atoms. The van der Waals surface area contributed by atoms with Crippen molar-refractivity contribution in [3.05, 3.63) is 59.7 Å². The standard InChI is InChI=1S/C17H14F2N2OS/c1-11(9-20)10-23-15-8-3-2-7-14(15)21-17(22)16-12(18)5-4-6-13(16)19/h2-8,11H,10H2,1H3,(H,21,22). The summed E-state index contributed by atoms with van der Waals surface area (Å²) < 4.78 is 27.3. The van der Waals surface area contributed by atoms with Crippen LogP contribution in [0.2, 0.25) is 0 Å². The van der Waals surface area contributed by atoms with Gasteiger partial charge < -0.3 is 5.32 Å². The molecule has 1 atom stereocenters. The van der Waals surface area contributed by atoms with Gasteiger partial charge in [-0.05, 0) is 31.2 Å². The van der Waals surface area contributed by atoms with Crippen LogP contribution >= 0.6 is 11.8 Å². The molecule has 0 aliphatic rings. The van der Waals surface area contributed by atoms with Gasteiger partial charge in [-0.1, -0.05) is 18.2 Å². The highest BCUT2D eigenvalue weighted by atomic mass is 32.2. The van der Waals surface area contributed by atoms with Gasteiger partial charge >= 0.3 is 0 Å². The number of carbonyl (C=O) groups excluding carboxylic acids is 1. The summed E-state index contributed by atoms with van der Waals surface area (Å²) in [4.78, 5) is 12.9. The molecule has 0 fully saturated rings. The summed E-state index contributed by atoms with van der Waals surface area (Å²) in [6.45, 7) is 1.79. The summed E-state index contributed by atoms with van der Waals surface area (Å²) in [5.41, 5.74) is -0.159. The number of anilines is 1. The minimum atomic E-state index is -0.911. The Kier molecular flexibility index (Phi) is 5.72. The Morgan fingerprint density at radius 2 is 1.87 bits per heavy atom. The van der Waals surface area contributed by atoms with Crippen molar-refractivity contribution in [1.29, 1.82) is 5.26 Å². The van der Waals surface area contributed by atoms with Crippen LogP contribution in [0.15, 0.2) is 47.4 Å². The van der Waals surface area contributed by atoms with Crippen LogP contribution in [0.3, 0.4) is 0 Å². The Hall–Kier alpha value is -2.39. The third-order valence-electron chi connectivity index (χ3n) is 3.03. The van der Waals surface area contributed by atoms with E-state index in [4.69, 9.17) is 5.26 Å². The fraction of sp³-hybridized carbons (Fsp3) is 0.176. The lowest BCUT2D eigenvalue weighted by atomic mass is 10.2. The number of para-hydroxylation sites is 1. The monoisotopic (exact) mass is 332 g/mol. The van der Waals surface area contributed by atoms with E-state index in [-0.39, 0.29) is 5.92 Å². The van der Waals surface area contributed by atoms with Crippen LogP contribution in [0.1, 0.15) is 17.3 Å². The highest BCUT2D eigenvalue weighted by molar-refractivity contribution is 7.99. The fourth-order valence-electron chi connectivity index (χ4n) is 1.85. The lowest BCUT2D eigenvalue weighted by Crippen LogP contribution is -2.16. The fourth-order valence-corrected chi connectivity index (χ4v) is 2.80. The lowest BCUT2D eigenvalue weighted by Gasteiger charge is -2.12. The van der Waals surface area contributed by atoms with E-state index >= 15 is 0 Å². The van der Waals surface area contributed by atoms with Crippen molar-refractivity contribution in [2.45, 2.75) is 11.8 Å². The van der Waals surface area contributed by atoms with Crippen LogP contribution in [0.25, 0.3) is 0 Å². The van der Waals surface area contributed by atoms with Crippen LogP contribution in [-0.4, -0.2) is 11.7 Å². The van der Waals surface area contributed by atoms with Gasteiger partial charge in [0.2, 0.25) is 0 Å². The van der Waals surface area contributed by atoms with Crippen molar-refractivity contribution in [2.75, 3.05) is 11.1 Å². The molecule has 3 nitrogen and oxygen atoms in total. The first kappa shape index (κ1) is 17.0. The average Bonchev–Trinajstić information content (AvgIpc) is 2.53. The first-order chi connectivity index (χ1) is 11.0. The van der Waals surface area contributed by atoms with Gasteiger partial charge in [-0.25, -0.2) is 8.78 Å². The number of hydrogen-bond donors (Lipinski definition) is 1. The van der Waals surface area contributed by atoms with Crippen molar-refractivity contribution in [3.8, 4) is 6.07 Å². The second-order valence-corrected chi connectivity index (χ2v) is 5.95.